The Labute approximate surface area is 258 Å². The summed E-state index contributed by atoms with van der Waals surface area (Å²) in [4.78, 5) is 48.4. The van der Waals surface area contributed by atoms with Gasteiger partial charge in [-0.05, 0) is 47.5 Å². The fourth-order valence-electron chi connectivity index (χ4n) is 4.71. The van der Waals surface area contributed by atoms with Crippen molar-refractivity contribution in [3.05, 3.63) is 88.6 Å². The molecule has 3 aromatic carbocycles. The van der Waals surface area contributed by atoms with E-state index in [1.165, 1.54) is 13.3 Å². The number of aromatic nitrogens is 2. The molecular weight excluding hydrogens is 586 g/mol. The molecule has 3 amide bonds. The molecule has 2 heterocycles. The van der Waals surface area contributed by atoms with E-state index in [9.17, 15) is 14.4 Å². The molecule has 226 valence electrons. The number of methoxy groups -OCH3 is 1. The first-order valence-electron chi connectivity index (χ1n) is 13.7. The van der Waals surface area contributed by atoms with Gasteiger partial charge in [-0.2, -0.15) is 4.98 Å². The van der Waals surface area contributed by atoms with Gasteiger partial charge in [-0.3, -0.25) is 14.4 Å². The molecular formula is C31H30ClN7O5. The lowest BCUT2D eigenvalue weighted by atomic mass is 9.96. The second kappa shape index (κ2) is 13.4. The van der Waals surface area contributed by atoms with Gasteiger partial charge in [-0.25, -0.2) is 4.98 Å². The van der Waals surface area contributed by atoms with Gasteiger partial charge in [0.25, 0.3) is 17.7 Å². The Kier molecular flexibility index (Phi) is 9.22. The molecule has 1 aromatic heterocycles. The van der Waals surface area contributed by atoms with Gasteiger partial charge >= 0.3 is 0 Å². The molecule has 0 saturated carbocycles. The lowest BCUT2D eigenvalue weighted by Gasteiger charge is -2.28. The van der Waals surface area contributed by atoms with Crippen LogP contribution in [-0.4, -0.2) is 73.1 Å². The molecule has 12 nitrogen and oxygen atoms in total. The van der Waals surface area contributed by atoms with Crippen LogP contribution < -0.4 is 26.4 Å². The molecule has 0 bridgehead atoms. The van der Waals surface area contributed by atoms with Crippen LogP contribution in [0, 0.1) is 0 Å². The van der Waals surface area contributed by atoms with Crippen molar-refractivity contribution >= 4 is 52.5 Å². The largest absolute Gasteiger partial charge is 0.495 e. The summed E-state index contributed by atoms with van der Waals surface area (Å²) in [6.07, 6.45) is 1.40. The Morgan fingerprint density at radius 3 is 2.39 bits per heavy atom. The molecule has 0 atom stereocenters. The number of nitrogens with two attached hydrogens (primary N) is 1. The summed E-state index contributed by atoms with van der Waals surface area (Å²) in [7, 11) is 3.08. The van der Waals surface area contributed by atoms with E-state index in [4.69, 9.17) is 26.8 Å². The van der Waals surface area contributed by atoms with E-state index in [2.05, 4.69) is 25.9 Å². The average Bonchev–Trinajstić information content (AvgIpc) is 3.06. The minimum atomic E-state index is -0.609. The van der Waals surface area contributed by atoms with E-state index in [1.54, 1.807) is 72.6 Å². The number of anilines is 4. The Hall–Kier alpha value is -5.20. The van der Waals surface area contributed by atoms with Crippen molar-refractivity contribution in [2.75, 3.05) is 51.1 Å². The Bertz CT molecular complexity index is 1710. The number of carbonyl (C=O) groups is 3. The summed E-state index contributed by atoms with van der Waals surface area (Å²) in [5, 5.41) is 8.99. The van der Waals surface area contributed by atoms with Gasteiger partial charge in [-0.15, -0.1) is 0 Å². The molecule has 5 N–H and O–H groups in total. The van der Waals surface area contributed by atoms with Gasteiger partial charge < -0.3 is 36.1 Å². The number of amides is 3. The van der Waals surface area contributed by atoms with Crippen LogP contribution in [0.1, 0.15) is 31.1 Å². The van der Waals surface area contributed by atoms with Crippen molar-refractivity contribution in [1.29, 1.82) is 0 Å². The molecule has 0 unspecified atom stereocenters. The molecule has 1 aliphatic rings. The summed E-state index contributed by atoms with van der Waals surface area (Å²) in [5.74, 6) is -0.211. The zero-order chi connectivity index (χ0) is 31.2. The predicted molar refractivity (Wildman–Crippen MR) is 167 cm³/mol. The van der Waals surface area contributed by atoms with E-state index in [-0.39, 0.29) is 34.2 Å². The zero-order valence-corrected chi connectivity index (χ0v) is 24.8. The third kappa shape index (κ3) is 6.56. The van der Waals surface area contributed by atoms with Crippen LogP contribution in [0.4, 0.5) is 23.1 Å². The normalized spacial score (nSPS) is 12.8. The van der Waals surface area contributed by atoms with E-state index >= 15 is 0 Å². The number of nitrogens with zero attached hydrogens (tertiary/aromatic N) is 3. The Balaban J connectivity index is 1.53. The van der Waals surface area contributed by atoms with E-state index < -0.39 is 5.91 Å². The van der Waals surface area contributed by atoms with Gasteiger partial charge in [0.1, 0.15) is 10.8 Å². The molecule has 5 rings (SSSR count). The first kappa shape index (κ1) is 30.3. The summed E-state index contributed by atoms with van der Waals surface area (Å²) >= 11 is 6.38. The number of nitrogens with one attached hydrogen (secondary N) is 3. The SMILES string of the molecule is CNC(=O)c1ccc(-c2cc(OC)c(Nc3ncc(Cl)c(Nc4ccccc4C(N)=O)n3)cc2C(=O)N2CCOCC2)cc1. The monoisotopic (exact) mass is 615 g/mol. The molecule has 1 fully saturated rings. The molecule has 0 radical (unpaired) electrons. The highest BCUT2D eigenvalue weighted by atomic mass is 35.5. The molecule has 1 saturated heterocycles. The van der Waals surface area contributed by atoms with Crippen LogP contribution in [0.3, 0.4) is 0 Å². The number of benzene rings is 3. The predicted octanol–water partition coefficient (Wildman–Crippen LogP) is 4.22. The molecule has 0 aliphatic carbocycles. The second-order valence-electron chi connectivity index (χ2n) is 9.71. The van der Waals surface area contributed by atoms with Crippen LogP contribution in [0.25, 0.3) is 11.1 Å². The first-order chi connectivity index (χ1) is 21.3. The van der Waals surface area contributed by atoms with Crippen molar-refractivity contribution in [2.45, 2.75) is 0 Å². The Morgan fingerprint density at radius 2 is 1.70 bits per heavy atom. The molecule has 1 aliphatic heterocycles. The lowest BCUT2D eigenvalue weighted by molar-refractivity contribution is 0.0303. The number of morpholine rings is 1. The first-order valence-corrected chi connectivity index (χ1v) is 14.0. The summed E-state index contributed by atoms with van der Waals surface area (Å²) in [5.41, 5.74) is 8.88. The van der Waals surface area contributed by atoms with Crippen molar-refractivity contribution in [1.82, 2.24) is 20.2 Å². The smallest absolute Gasteiger partial charge is 0.254 e. The third-order valence-corrected chi connectivity index (χ3v) is 7.27. The highest BCUT2D eigenvalue weighted by Gasteiger charge is 2.24. The molecule has 44 heavy (non-hydrogen) atoms. The van der Waals surface area contributed by atoms with E-state index in [0.717, 1.165) is 5.56 Å². The van der Waals surface area contributed by atoms with Gasteiger partial charge in [0, 0.05) is 31.3 Å². The van der Waals surface area contributed by atoms with Crippen LogP contribution in [-0.2, 0) is 4.74 Å². The quantitative estimate of drug-likeness (QED) is 0.216. The standard InChI is InChI=1S/C31H30ClN7O5/c1-34-29(41)19-9-7-18(8-10-19)21-16-26(43-2)25(15-22(21)30(42)39-11-13-44-14-12-39)37-31-35-17-23(32)28(38-31)36-24-6-4-3-5-20(24)27(33)40/h3-10,15-17H,11-14H2,1-2H3,(H2,33,40)(H,34,41)(H2,35,36,37,38). The minimum Gasteiger partial charge on any atom is -0.495 e. The topological polar surface area (TPSA) is 161 Å². The van der Waals surface area contributed by atoms with Crippen molar-refractivity contribution < 1.29 is 23.9 Å². The number of rotatable bonds is 9. The minimum absolute atomic E-state index is 0.152. The van der Waals surface area contributed by atoms with Gasteiger partial charge in [0.05, 0.1) is 43.5 Å². The van der Waals surface area contributed by atoms with Crippen LogP contribution in [0.15, 0.2) is 66.9 Å². The number of carbonyl (C=O) groups excluding carboxylic acids is 3. The number of para-hydroxylation sites is 1. The zero-order valence-electron chi connectivity index (χ0n) is 24.0. The van der Waals surface area contributed by atoms with Gasteiger partial charge in [0.15, 0.2) is 5.82 Å². The number of halogens is 1. The maximum absolute atomic E-state index is 13.8. The highest BCUT2D eigenvalue weighted by molar-refractivity contribution is 6.33. The van der Waals surface area contributed by atoms with Crippen LogP contribution in [0.2, 0.25) is 5.02 Å². The maximum Gasteiger partial charge on any atom is 0.254 e. The third-order valence-electron chi connectivity index (χ3n) is 6.99. The summed E-state index contributed by atoms with van der Waals surface area (Å²) in [6, 6.07) is 17.1. The number of hydrogen-bond donors (Lipinski definition) is 4. The van der Waals surface area contributed by atoms with Crippen LogP contribution >= 0.6 is 11.6 Å². The number of primary amides is 1. The summed E-state index contributed by atoms with van der Waals surface area (Å²) < 4.78 is 11.2. The fraction of sp³-hybridized carbons (Fsp3) is 0.194. The maximum atomic E-state index is 13.8. The lowest BCUT2D eigenvalue weighted by Crippen LogP contribution is -2.40. The molecule has 13 heteroatoms. The molecule has 0 spiro atoms. The average molecular weight is 616 g/mol. The molecule has 4 aromatic rings. The van der Waals surface area contributed by atoms with Crippen LogP contribution in [0.5, 0.6) is 5.75 Å². The summed E-state index contributed by atoms with van der Waals surface area (Å²) in [6.45, 7) is 1.78. The Morgan fingerprint density at radius 1 is 0.977 bits per heavy atom. The van der Waals surface area contributed by atoms with Crippen molar-refractivity contribution in [3.63, 3.8) is 0 Å². The van der Waals surface area contributed by atoms with E-state index in [0.29, 0.717) is 60.1 Å². The number of hydrogen-bond acceptors (Lipinski definition) is 9. The second-order valence-corrected chi connectivity index (χ2v) is 10.1. The van der Waals surface area contributed by atoms with Crippen molar-refractivity contribution in [3.8, 4) is 16.9 Å². The van der Waals surface area contributed by atoms with Gasteiger partial charge in [-0.1, -0.05) is 35.9 Å². The highest BCUT2D eigenvalue weighted by Crippen LogP contribution is 2.37. The van der Waals surface area contributed by atoms with Crippen molar-refractivity contribution in [2.24, 2.45) is 5.73 Å². The fourth-order valence-corrected chi connectivity index (χ4v) is 4.85. The van der Waals surface area contributed by atoms with E-state index in [1.807, 2.05) is 0 Å². The van der Waals surface area contributed by atoms with Gasteiger partial charge in [0.2, 0.25) is 5.95 Å². The number of ether oxygens (including phenoxy) is 2.